The fourth-order valence-electron chi connectivity index (χ4n) is 3.22. The highest BCUT2D eigenvalue weighted by atomic mass is 16.5. The first-order chi connectivity index (χ1) is 9.16. The molecule has 0 saturated heterocycles. The van der Waals surface area contributed by atoms with Gasteiger partial charge in [0.15, 0.2) is 0 Å². The molecule has 19 heavy (non-hydrogen) atoms. The number of hydrogen-bond donors (Lipinski definition) is 2. The Morgan fingerprint density at radius 1 is 1.21 bits per heavy atom. The highest BCUT2D eigenvalue weighted by Gasteiger charge is 2.44. The molecule has 2 aliphatic carbocycles. The molecule has 1 amide bonds. The molecule has 3 N–H and O–H groups in total. The highest BCUT2D eigenvalue weighted by molar-refractivity contribution is 5.83. The van der Waals surface area contributed by atoms with E-state index in [0.29, 0.717) is 12.0 Å². The molecule has 0 unspecified atom stereocenters. The maximum atomic E-state index is 12.5. The number of methoxy groups -OCH3 is 1. The van der Waals surface area contributed by atoms with Gasteiger partial charge in [-0.2, -0.15) is 0 Å². The Morgan fingerprint density at radius 2 is 1.89 bits per heavy atom. The summed E-state index contributed by atoms with van der Waals surface area (Å²) < 4.78 is 5.15. The molecular formula is C15H28N2O2. The van der Waals surface area contributed by atoms with E-state index < -0.39 is 0 Å². The summed E-state index contributed by atoms with van der Waals surface area (Å²) in [5, 5.41) is 3.18. The summed E-state index contributed by atoms with van der Waals surface area (Å²) in [7, 11) is 1.74. The molecule has 0 heterocycles. The lowest BCUT2D eigenvalue weighted by atomic mass is 9.73. The SMILES string of the molecule is COCCC1(CNC(=O)C2(CN)CCCCC2)CC1. The fraction of sp³-hybridized carbons (Fsp3) is 0.933. The van der Waals surface area contributed by atoms with Crippen LogP contribution in [0.25, 0.3) is 0 Å². The first kappa shape index (κ1) is 14.8. The monoisotopic (exact) mass is 268 g/mol. The molecule has 0 aromatic rings. The Hall–Kier alpha value is -0.610. The fourth-order valence-corrected chi connectivity index (χ4v) is 3.22. The molecule has 0 aromatic heterocycles. The van der Waals surface area contributed by atoms with E-state index in [-0.39, 0.29) is 11.3 Å². The number of carbonyl (C=O) groups is 1. The van der Waals surface area contributed by atoms with E-state index in [4.69, 9.17) is 10.5 Å². The van der Waals surface area contributed by atoms with Crippen LogP contribution in [0.2, 0.25) is 0 Å². The van der Waals surface area contributed by atoms with Crippen LogP contribution in [0.15, 0.2) is 0 Å². The number of ether oxygens (including phenoxy) is 1. The molecule has 0 aromatic carbocycles. The average Bonchev–Trinajstić information content (AvgIpc) is 3.24. The molecule has 2 saturated carbocycles. The number of nitrogens with one attached hydrogen (secondary N) is 1. The maximum Gasteiger partial charge on any atom is 0.227 e. The third-order valence-electron chi connectivity index (χ3n) is 5.10. The summed E-state index contributed by atoms with van der Waals surface area (Å²) in [6, 6.07) is 0. The molecule has 0 atom stereocenters. The first-order valence-corrected chi connectivity index (χ1v) is 7.64. The van der Waals surface area contributed by atoms with Crippen molar-refractivity contribution in [2.24, 2.45) is 16.6 Å². The van der Waals surface area contributed by atoms with Crippen LogP contribution in [0.1, 0.15) is 51.4 Å². The van der Waals surface area contributed by atoms with Crippen LogP contribution in [0, 0.1) is 10.8 Å². The van der Waals surface area contributed by atoms with Crippen molar-refractivity contribution < 1.29 is 9.53 Å². The standard InChI is InChI=1S/C15H28N2O2/c1-19-10-9-14(7-8-14)12-17-13(18)15(11-16)5-3-2-4-6-15/h2-12,16H2,1H3,(H,17,18). The Balaban J connectivity index is 1.83. The lowest BCUT2D eigenvalue weighted by Crippen LogP contribution is -2.48. The summed E-state index contributed by atoms with van der Waals surface area (Å²) in [5.41, 5.74) is 5.93. The molecule has 0 spiro atoms. The van der Waals surface area contributed by atoms with E-state index in [2.05, 4.69) is 5.32 Å². The zero-order valence-electron chi connectivity index (χ0n) is 12.2. The first-order valence-electron chi connectivity index (χ1n) is 7.64. The van der Waals surface area contributed by atoms with Crippen molar-refractivity contribution in [1.82, 2.24) is 5.32 Å². The minimum Gasteiger partial charge on any atom is -0.385 e. The molecule has 2 aliphatic rings. The topological polar surface area (TPSA) is 64.3 Å². The summed E-state index contributed by atoms with van der Waals surface area (Å²) in [6.45, 7) is 2.08. The Kier molecular flexibility index (Phi) is 4.85. The van der Waals surface area contributed by atoms with Gasteiger partial charge in [-0.3, -0.25) is 4.79 Å². The summed E-state index contributed by atoms with van der Waals surface area (Å²) in [5.74, 6) is 0.193. The quantitative estimate of drug-likeness (QED) is 0.740. The summed E-state index contributed by atoms with van der Waals surface area (Å²) in [4.78, 5) is 12.5. The highest BCUT2D eigenvalue weighted by Crippen LogP contribution is 2.48. The number of amides is 1. The average molecular weight is 268 g/mol. The predicted molar refractivity (Wildman–Crippen MR) is 75.7 cm³/mol. The Labute approximate surface area is 116 Å². The van der Waals surface area contributed by atoms with Gasteiger partial charge in [-0.05, 0) is 37.5 Å². The van der Waals surface area contributed by atoms with Crippen LogP contribution in [0.3, 0.4) is 0 Å². The van der Waals surface area contributed by atoms with Crippen molar-refractivity contribution in [3.63, 3.8) is 0 Å². The lowest BCUT2D eigenvalue weighted by molar-refractivity contribution is -0.132. The van der Waals surface area contributed by atoms with Crippen molar-refractivity contribution in [3.8, 4) is 0 Å². The maximum absolute atomic E-state index is 12.5. The minimum atomic E-state index is -0.282. The molecule has 110 valence electrons. The Morgan fingerprint density at radius 3 is 2.42 bits per heavy atom. The van der Waals surface area contributed by atoms with E-state index in [1.54, 1.807) is 7.11 Å². The molecule has 2 rings (SSSR count). The molecule has 0 bridgehead atoms. The van der Waals surface area contributed by atoms with E-state index in [1.807, 2.05) is 0 Å². The molecular weight excluding hydrogens is 240 g/mol. The minimum absolute atomic E-state index is 0.193. The largest absolute Gasteiger partial charge is 0.385 e. The third-order valence-corrected chi connectivity index (χ3v) is 5.10. The van der Waals surface area contributed by atoms with Crippen molar-refractivity contribution in [1.29, 1.82) is 0 Å². The van der Waals surface area contributed by atoms with Crippen LogP contribution in [-0.2, 0) is 9.53 Å². The van der Waals surface area contributed by atoms with E-state index in [0.717, 1.165) is 45.3 Å². The van der Waals surface area contributed by atoms with E-state index >= 15 is 0 Å². The normalized spacial score (nSPS) is 23.9. The predicted octanol–water partition coefficient (Wildman–Crippen LogP) is 1.83. The molecule has 0 aliphatic heterocycles. The van der Waals surface area contributed by atoms with Gasteiger partial charge in [-0.1, -0.05) is 19.3 Å². The van der Waals surface area contributed by atoms with Crippen LogP contribution in [-0.4, -0.2) is 32.7 Å². The van der Waals surface area contributed by atoms with Gasteiger partial charge in [0, 0.05) is 26.8 Å². The Bertz CT molecular complexity index is 307. The van der Waals surface area contributed by atoms with Gasteiger partial charge in [0.2, 0.25) is 5.91 Å². The number of carbonyl (C=O) groups excluding carboxylic acids is 1. The van der Waals surface area contributed by atoms with Crippen molar-refractivity contribution >= 4 is 5.91 Å². The van der Waals surface area contributed by atoms with Crippen molar-refractivity contribution in [2.75, 3.05) is 26.8 Å². The van der Waals surface area contributed by atoms with Gasteiger partial charge in [0.25, 0.3) is 0 Å². The number of rotatable bonds is 7. The lowest BCUT2D eigenvalue weighted by Gasteiger charge is -2.35. The van der Waals surface area contributed by atoms with Crippen molar-refractivity contribution in [3.05, 3.63) is 0 Å². The van der Waals surface area contributed by atoms with Gasteiger partial charge in [0.1, 0.15) is 0 Å². The van der Waals surface area contributed by atoms with Gasteiger partial charge in [-0.15, -0.1) is 0 Å². The smallest absolute Gasteiger partial charge is 0.227 e. The zero-order valence-corrected chi connectivity index (χ0v) is 12.2. The zero-order chi connectivity index (χ0) is 13.8. The van der Waals surface area contributed by atoms with Gasteiger partial charge >= 0.3 is 0 Å². The van der Waals surface area contributed by atoms with Crippen molar-refractivity contribution in [2.45, 2.75) is 51.4 Å². The molecule has 4 nitrogen and oxygen atoms in total. The van der Waals surface area contributed by atoms with E-state index in [9.17, 15) is 4.79 Å². The number of nitrogens with two attached hydrogens (primary N) is 1. The van der Waals surface area contributed by atoms with Crippen LogP contribution >= 0.6 is 0 Å². The summed E-state index contributed by atoms with van der Waals surface area (Å²) >= 11 is 0. The second kappa shape index (κ2) is 6.23. The van der Waals surface area contributed by atoms with Gasteiger partial charge < -0.3 is 15.8 Å². The number of hydrogen-bond acceptors (Lipinski definition) is 3. The van der Waals surface area contributed by atoms with Crippen LogP contribution < -0.4 is 11.1 Å². The molecule has 4 heteroatoms. The van der Waals surface area contributed by atoms with Gasteiger partial charge in [-0.25, -0.2) is 0 Å². The van der Waals surface area contributed by atoms with E-state index in [1.165, 1.54) is 19.3 Å². The molecule has 0 radical (unpaired) electrons. The second-order valence-corrected chi connectivity index (χ2v) is 6.47. The molecule has 2 fully saturated rings. The van der Waals surface area contributed by atoms with Crippen LogP contribution in [0.5, 0.6) is 0 Å². The van der Waals surface area contributed by atoms with Crippen LogP contribution in [0.4, 0.5) is 0 Å². The third kappa shape index (κ3) is 3.48. The summed E-state index contributed by atoms with van der Waals surface area (Å²) in [6.07, 6.45) is 8.92. The second-order valence-electron chi connectivity index (χ2n) is 6.47. The van der Waals surface area contributed by atoms with Gasteiger partial charge in [0.05, 0.1) is 5.41 Å².